The Morgan fingerprint density at radius 1 is 1.33 bits per heavy atom. The third-order valence-electron chi connectivity index (χ3n) is 2.44. The van der Waals surface area contributed by atoms with Gasteiger partial charge in [0.15, 0.2) is 6.10 Å². The van der Waals surface area contributed by atoms with Crippen molar-refractivity contribution in [1.82, 2.24) is 5.32 Å². The summed E-state index contributed by atoms with van der Waals surface area (Å²) in [4.78, 5) is 11.8. The first kappa shape index (κ1) is 14.5. The van der Waals surface area contributed by atoms with Crippen LogP contribution in [0.5, 0.6) is 5.75 Å². The van der Waals surface area contributed by atoms with Crippen molar-refractivity contribution >= 4 is 5.91 Å². The predicted octanol–water partition coefficient (Wildman–Crippen LogP) is 2.76. The Hall–Kier alpha value is -1.58. The van der Waals surface area contributed by atoms with Crippen LogP contribution < -0.4 is 10.1 Å². The van der Waals surface area contributed by atoms with Crippen molar-refractivity contribution in [3.63, 3.8) is 0 Å². The van der Waals surface area contributed by atoms with Crippen molar-refractivity contribution in [1.29, 1.82) is 0 Å². The van der Waals surface area contributed by atoms with Crippen LogP contribution in [0.15, 0.2) is 24.3 Å². The molecule has 0 saturated carbocycles. The monoisotopic (exact) mass is 253 g/mol. The quantitative estimate of drug-likeness (QED) is 0.846. The summed E-state index contributed by atoms with van der Waals surface area (Å²) in [7, 11) is 0. The van der Waals surface area contributed by atoms with Gasteiger partial charge in [-0.05, 0) is 36.6 Å². The summed E-state index contributed by atoms with van der Waals surface area (Å²) in [5, 5.41) is 2.83. The number of hydrogen-bond acceptors (Lipinski definition) is 2. The molecule has 0 bridgehead atoms. The number of halogens is 1. The fourth-order valence-electron chi connectivity index (χ4n) is 1.42. The molecule has 0 radical (unpaired) electrons. The molecule has 18 heavy (non-hydrogen) atoms. The lowest BCUT2D eigenvalue weighted by atomic mass is 10.2. The van der Waals surface area contributed by atoms with Crippen molar-refractivity contribution in [3.8, 4) is 5.75 Å². The summed E-state index contributed by atoms with van der Waals surface area (Å²) in [6.45, 7) is 6.56. The maximum atomic E-state index is 12.7. The highest BCUT2D eigenvalue weighted by atomic mass is 19.1. The van der Waals surface area contributed by atoms with Crippen LogP contribution in [0.25, 0.3) is 0 Å². The van der Waals surface area contributed by atoms with Crippen LogP contribution in [-0.2, 0) is 4.79 Å². The van der Waals surface area contributed by atoms with E-state index in [9.17, 15) is 9.18 Å². The zero-order valence-electron chi connectivity index (χ0n) is 11.1. The minimum absolute atomic E-state index is 0.129. The second kappa shape index (κ2) is 6.99. The van der Waals surface area contributed by atoms with Crippen LogP contribution in [0.1, 0.15) is 27.2 Å². The number of nitrogens with one attached hydrogen (secondary N) is 1. The Balaban J connectivity index is 2.55. The summed E-state index contributed by atoms with van der Waals surface area (Å²) < 4.78 is 18.3. The minimum atomic E-state index is -0.533. The van der Waals surface area contributed by atoms with E-state index in [2.05, 4.69) is 5.32 Å². The molecule has 0 aliphatic rings. The Morgan fingerprint density at radius 3 is 2.44 bits per heavy atom. The molecule has 0 fully saturated rings. The van der Waals surface area contributed by atoms with E-state index in [4.69, 9.17) is 4.74 Å². The average molecular weight is 253 g/mol. The van der Waals surface area contributed by atoms with Gasteiger partial charge in [-0.25, -0.2) is 4.39 Å². The van der Waals surface area contributed by atoms with Crippen LogP contribution in [0.3, 0.4) is 0 Å². The third-order valence-corrected chi connectivity index (χ3v) is 2.44. The summed E-state index contributed by atoms with van der Waals surface area (Å²) >= 11 is 0. The van der Waals surface area contributed by atoms with Gasteiger partial charge in [0, 0.05) is 6.54 Å². The molecule has 0 aromatic heterocycles. The molecule has 0 saturated heterocycles. The van der Waals surface area contributed by atoms with E-state index in [-0.39, 0.29) is 11.7 Å². The zero-order chi connectivity index (χ0) is 13.5. The molecule has 1 rings (SSSR count). The molecule has 1 amide bonds. The fourth-order valence-corrected chi connectivity index (χ4v) is 1.42. The molecular formula is C14H20FNO2. The normalized spacial score (nSPS) is 12.3. The third kappa shape index (κ3) is 4.73. The number of carbonyl (C=O) groups excluding carboxylic acids is 1. The van der Waals surface area contributed by atoms with Crippen LogP contribution in [0, 0.1) is 11.7 Å². The van der Waals surface area contributed by atoms with Crippen molar-refractivity contribution < 1.29 is 13.9 Å². The van der Waals surface area contributed by atoms with Gasteiger partial charge in [-0.3, -0.25) is 4.79 Å². The second-order valence-corrected chi connectivity index (χ2v) is 4.61. The lowest BCUT2D eigenvalue weighted by molar-refractivity contribution is -0.128. The maximum absolute atomic E-state index is 12.7. The van der Waals surface area contributed by atoms with Gasteiger partial charge in [0.2, 0.25) is 0 Å². The number of ether oxygens (including phenoxy) is 1. The van der Waals surface area contributed by atoms with E-state index in [0.717, 1.165) is 0 Å². The highest BCUT2D eigenvalue weighted by Crippen LogP contribution is 2.14. The Labute approximate surface area is 107 Å². The molecule has 1 aromatic carbocycles. The minimum Gasteiger partial charge on any atom is -0.481 e. The Bertz CT molecular complexity index is 376. The molecule has 1 aromatic rings. The number of benzene rings is 1. The number of hydrogen-bond donors (Lipinski definition) is 1. The lowest BCUT2D eigenvalue weighted by Gasteiger charge is -2.18. The smallest absolute Gasteiger partial charge is 0.261 e. The van der Waals surface area contributed by atoms with Crippen molar-refractivity contribution in [3.05, 3.63) is 30.1 Å². The van der Waals surface area contributed by atoms with Gasteiger partial charge in [0.25, 0.3) is 5.91 Å². The first-order chi connectivity index (χ1) is 8.52. The van der Waals surface area contributed by atoms with Crippen LogP contribution in [0.2, 0.25) is 0 Å². The standard InChI is InChI=1S/C14H20FNO2/c1-4-13(14(17)16-9-10(2)3)18-12-7-5-11(15)6-8-12/h5-8,10,13H,4,9H2,1-3H3,(H,16,17)/t13-/m0/s1. The average Bonchev–Trinajstić information content (AvgIpc) is 2.35. The molecule has 0 aliphatic carbocycles. The molecule has 0 heterocycles. The van der Waals surface area contributed by atoms with Crippen molar-refractivity contribution in [2.45, 2.75) is 33.3 Å². The fraction of sp³-hybridized carbons (Fsp3) is 0.500. The molecule has 100 valence electrons. The zero-order valence-corrected chi connectivity index (χ0v) is 11.1. The van der Waals surface area contributed by atoms with Crippen LogP contribution in [0.4, 0.5) is 4.39 Å². The van der Waals surface area contributed by atoms with Crippen LogP contribution in [-0.4, -0.2) is 18.6 Å². The number of carbonyl (C=O) groups is 1. The molecule has 4 heteroatoms. The topological polar surface area (TPSA) is 38.3 Å². The van der Waals surface area contributed by atoms with E-state index in [1.165, 1.54) is 24.3 Å². The van der Waals surface area contributed by atoms with E-state index in [1.807, 2.05) is 20.8 Å². The van der Waals surface area contributed by atoms with E-state index < -0.39 is 6.10 Å². The first-order valence-electron chi connectivity index (χ1n) is 6.22. The van der Waals surface area contributed by atoms with Gasteiger partial charge >= 0.3 is 0 Å². The first-order valence-corrected chi connectivity index (χ1v) is 6.22. The van der Waals surface area contributed by atoms with Crippen molar-refractivity contribution in [2.75, 3.05) is 6.54 Å². The highest BCUT2D eigenvalue weighted by Gasteiger charge is 2.18. The van der Waals surface area contributed by atoms with Gasteiger partial charge in [-0.1, -0.05) is 20.8 Å². The van der Waals surface area contributed by atoms with E-state index >= 15 is 0 Å². The van der Waals surface area contributed by atoms with Gasteiger partial charge in [0.1, 0.15) is 11.6 Å². The lowest BCUT2D eigenvalue weighted by Crippen LogP contribution is -2.39. The van der Waals surface area contributed by atoms with Gasteiger partial charge < -0.3 is 10.1 Å². The number of amides is 1. The molecule has 3 nitrogen and oxygen atoms in total. The summed E-state index contributed by atoms with van der Waals surface area (Å²) in [6, 6.07) is 5.67. The SMILES string of the molecule is CC[C@H](Oc1ccc(F)cc1)C(=O)NCC(C)C. The van der Waals surface area contributed by atoms with E-state index in [1.54, 1.807) is 0 Å². The van der Waals surface area contributed by atoms with Gasteiger partial charge in [0.05, 0.1) is 0 Å². The van der Waals surface area contributed by atoms with Gasteiger partial charge in [-0.2, -0.15) is 0 Å². The second-order valence-electron chi connectivity index (χ2n) is 4.61. The van der Waals surface area contributed by atoms with Crippen molar-refractivity contribution in [2.24, 2.45) is 5.92 Å². The summed E-state index contributed by atoms with van der Waals surface area (Å²) in [6.07, 6.45) is 0.0376. The van der Waals surface area contributed by atoms with E-state index in [0.29, 0.717) is 24.6 Å². The van der Waals surface area contributed by atoms with Gasteiger partial charge in [-0.15, -0.1) is 0 Å². The summed E-state index contributed by atoms with van der Waals surface area (Å²) in [5.74, 6) is 0.454. The van der Waals surface area contributed by atoms with Crippen LogP contribution >= 0.6 is 0 Å². The molecule has 1 atom stereocenters. The Morgan fingerprint density at radius 2 is 1.94 bits per heavy atom. The maximum Gasteiger partial charge on any atom is 0.261 e. The molecule has 0 unspecified atom stereocenters. The number of rotatable bonds is 6. The highest BCUT2D eigenvalue weighted by molar-refractivity contribution is 5.81. The largest absolute Gasteiger partial charge is 0.481 e. The molecule has 1 N–H and O–H groups in total. The summed E-state index contributed by atoms with van der Waals surface area (Å²) in [5.41, 5.74) is 0. The molecular weight excluding hydrogens is 233 g/mol. The molecule has 0 aliphatic heterocycles. The predicted molar refractivity (Wildman–Crippen MR) is 69.0 cm³/mol. The molecule has 0 spiro atoms. The Kier molecular flexibility index (Phi) is 5.62.